The van der Waals surface area contributed by atoms with E-state index in [-0.39, 0.29) is 0 Å². The van der Waals surface area contributed by atoms with Gasteiger partial charge in [-0.15, -0.1) is 10.2 Å². The number of hydrogen-bond acceptors (Lipinski definition) is 4. The highest BCUT2D eigenvalue weighted by Crippen LogP contribution is 2.28. The third-order valence-corrected chi connectivity index (χ3v) is 3.02. The van der Waals surface area contributed by atoms with Crippen LogP contribution in [0, 0.1) is 11.5 Å². The number of nitrogens with one attached hydrogen (secondary N) is 1. The lowest BCUT2D eigenvalue weighted by atomic mass is 10.1. The van der Waals surface area contributed by atoms with Crippen LogP contribution in [-0.4, -0.2) is 14.8 Å². The third-order valence-electron chi connectivity index (χ3n) is 3.02. The van der Waals surface area contributed by atoms with Crippen LogP contribution >= 0.6 is 0 Å². The van der Waals surface area contributed by atoms with E-state index in [0.717, 1.165) is 22.2 Å². The standard InChI is InChI=1S/C14H11N5/c1-19-8-11(10-4-2-3-5-13(10)19)12-6-7-14(16-9-15)18-17-12/h2-8H,1H3,(H,16,18). The van der Waals surface area contributed by atoms with E-state index in [1.54, 1.807) is 6.07 Å². The largest absolute Gasteiger partial charge is 0.350 e. The fourth-order valence-corrected chi connectivity index (χ4v) is 2.15. The highest BCUT2D eigenvalue weighted by molar-refractivity contribution is 5.95. The zero-order chi connectivity index (χ0) is 13.2. The van der Waals surface area contributed by atoms with Gasteiger partial charge in [0.15, 0.2) is 12.0 Å². The number of nitrogens with zero attached hydrogens (tertiary/aromatic N) is 4. The summed E-state index contributed by atoms with van der Waals surface area (Å²) in [7, 11) is 2.00. The Kier molecular flexibility index (Phi) is 2.62. The molecule has 0 spiro atoms. The summed E-state index contributed by atoms with van der Waals surface area (Å²) in [6.45, 7) is 0. The molecule has 1 aromatic carbocycles. The van der Waals surface area contributed by atoms with Gasteiger partial charge in [-0.1, -0.05) is 18.2 Å². The van der Waals surface area contributed by atoms with Crippen LogP contribution in [0.1, 0.15) is 0 Å². The molecule has 5 nitrogen and oxygen atoms in total. The van der Waals surface area contributed by atoms with Gasteiger partial charge in [-0.05, 0) is 18.2 Å². The monoisotopic (exact) mass is 249 g/mol. The molecule has 0 atom stereocenters. The molecule has 19 heavy (non-hydrogen) atoms. The van der Waals surface area contributed by atoms with Crippen LogP contribution in [0.2, 0.25) is 0 Å². The minimum atomic E-state index is 0.450. The summed E-state index contributed by atoms with van der Waals surface area (Å²) in [5.41, 5.74) is 2.98. The topological polar surface area (TPSA) is 66.5 Å². The van der Waals surface area contributed by atoms with Crippen LogP contribution in [0.15, 0.2) is 42.6 Å². The van der Waals surface area contributed by atoms with Crippen molar-refractivity contribution in [1.82, 2.24) is 14.8 Å². The van der Waals surface area contributed by atoms with E-state index in [4.69, 9.17) is 5.26 Å². The molecule has 0 bridgehead atoms. The lowest BCUT2D eigenvalue weighted by Gasteiger charge is -1.99. The predicted octanol–water partition coefficient (Wildman–Crippen LogP) is 2.53. The number of nitriles is 1. The highest BCUT2D eigenvalue weighted by atomic mass is 15.2. The summed E-state index contributed by atoms with van der Waals surface area (Å²) in [5.74, 6) is 0.450. The molecular formula is C14H11N5. The maximum Gasteiger partial charge on any atom is 0.182 e. The molecule has 0 saturated heterocycles. The number of aromatic nitrogens is 3. The molecule has 2 aromatic heterocycles. The lowest BCUT2D eigenvalue weighted by Crippen LogP contribution is -1.94. The maximum absolute atomic E-state index is 8.52. The van der Waals surface area contributed by atoms with Gasteiger partial charge < -0.3 is 4.57 Å². The lowest BCUT2D eigenvalue weighted by molar-refractivity contribution is 0.967. The Balaban J connectivity index is 2.12. The van der Waals surface area contributed by atoms with Crippen LogP contribution in [0.3, 0.4) is 0 Å². The molecule has 3 aromatic rings. The quantitative estimate of drug-likeness (QED) is 0.560. The Bertz CT molecular complexity index is 765. The van der Waals surface area contributed by atoms with E-state index in [0.29, 0.717) is 5.82 Å². The van der Waals surface area contributed by atoms with Crippen molar-refractivity contribution >= 4 is 16.7 Å². The van der Waals surface area contributed by atoms with E-state index < -0.39 is 0 Å². The van der Waals surface area contributed by atoms with E-state index >= 15 is 0 Å². The van der Waals surface area contributed by atoms with Crippen molar-refractivity contribution in [3.63, 3.8) is 0 Å². The van der Waals surface area contributed by atoms with Crippen LogP contribution < -0.4 is 5.32 Å². The van der Waals surface area contributed by atoms with Gasteiger partial charge in [0.05, 0.1) is 5.69 Å². The summed E-state index contributed by atoms with van der Waals surface area (Å²) >= 11 is 0. The highest BCUT2D eigenvalue weighted by Gasteiger charge is 2.09. The Morgan fingerprint density at radius 2 is 2.00 bits per heavy atom. The normalized spacial score (nSPS) is 10.3. The second-order valence-corrected chi connectivity index (χ2v) is 4.21. The molecule has 2 heterocycles. The minimum Gasteiger partial charge on any atom is -0.350 e. The van der Waals surface area contributed by atoms with E-state index in [9.17, 15) is 0 Å². The molecular weight excluding hydrogens is 238 g/mol. The number of para-hydroxylation sites is 1. The molecule has 0 aliphatic rings. The number of anilines is 1. The Hall–Kier alpha value is -2.87. The van der Waals surface area contributed by atoms with Crippen molar-refractivity contribution in [2.75, 3.05) is 5.32 Å². The minimum absolute atomic E-state index is 0.450. The van der Waals surface area contributed by atoms with Gasteiger partial charge >= 0.3 is 0 Å². The van der Waals surface area contributed by atoms with E-state index in [1.165, 1.54) is 0 Å². The van der Waals surface area contributed by atoms with Gasteiger partial charge in [0.25, 0.3) is 0 Å². The third kappa shape index (κ3) is 1.89. The molecule has 0 aliphatic carbocycles. The molecule has 0 aliphatic heterocycles. The summed E-state index contributed by atoms with van der Waals surface area (Å²) in [6.07, 6.45) is 3.85. The van der Waals surface area contributed by atoms with Gasteiger partial charge in [-0.2, -0.15) is 5.26 Å². The fourth-order valence-electron chi connectivity index (χ4n) is 2.15. The van der Waals surface area contributed by atoms with Crippen LogP contribution in [0.25, 0.3) is 22.2 Å². The van der Waals surface area contributed by atoms with Gasteiger partial charge in [-0.25, -0.2) is 0 Å². The molecule has 0 saturated carbocycles. The van der Waals surface area contributed by atoms with Crippen molar-refractivity contribution in [3.8, 4) is 17.5 Å². The number of hydrogen-bond donors (Lipinski definition) is 1. The van der Waals surface area contributed by atoms with Crippen molar-refractivity contribution < 1.29 is 0 Å². The Morgan fingerprint density at radius 3 is 2.74 bits per heavy atom. The van der Waals surface area contributed by atoms with Crippen molar-refractivity contribution in [3.05, 3.63) is 42.6 Å². The molecule has 0 radical (unpaired) electrons. The number of benzene rings is 1. The Labute approximate surface area is 110 Å². The average Bonchev–Trinajstić information content (AvgIpc) is 2.78. The first-order valence-corrected chi connectivity index (χ1v) is 5.83. The summed E-state index contributed by atoms with van der Waals surface area (Å²) in [4.78, 5) is 0. The zero-order valence-electron chi connectivity index (χ0n) is 10.3. The number of fused-ring (bicyclic) bond motifs is 1. The van der Waals surface area contributed by atoms with Crippen LogP contribution in [0.5, 0.6) is 0 Å². The summed E-state index contributed by atoms with van der Waals surface area (Å²) in [6, 6.07) is 11.7. The van der Waals surface area contributed by atoms with E-state index in [2.05, 4.69) is 32.2 Å². The molecule has 0 fully saturated rings. The number of rotatable bonds is 2. The van der Waals surface area contributed by atoms with Gasteiger partial charge in [-0.3, -0.25) is 5.32 Å². The number of aryl methyl sites for hydroxylation is 1. The van der Waals surface area contributed by atoms with Gasteiger partial charge in [0.1, 0.15) is 0 Å². The predicted molar refractivity (Wildman–Crippen MR) is 73.2 cm³/mol. The fraction of sp³-hybridized carbons (Fsp3) is 0.0714. The van der Waals surface area contributed by atoms with Crippen molar-refractivity contribution in [1.29, 1.82) is 5.26 Å². The molecule has 3 rings (SSSR count). The molecule has 5 heteroatoms. The second-order valence-electron chi connectivity index (χ2n) is 4.21. The Morgan fingerprint density at radius 1 is 1.16 bits per heavy atom. The SMILES string of the molecule is Cn1cc(-c2ccc(NC#N)nn2)c2ccccc21. The summed E-state index contributed by atoms with van der Waals surface area (Å²) in [5, 5.41) is 20.2. The van der Waals surface area contributed by atoms with E-state index in [1.807, 2.05) is 37.6 Å². The van der Waals surface area contributed by atoms with Crippen molar-refractivity contribution in [2.24, 2.45) is 7.05 Å². The molecule has 0 unspecified atom stereocenters. The summed E-state index contributed by atoms with van der Waals surface area (Å²) < 4.78 is 2.06. The molecule has 1 N–H and O–H groups in total. The van der Waals surface area contributed by atoms with Crippen LogP contribution in [-0.2, 0) is 7.05 Å². The maximum atomic E-state index is 8.52. The average molecular weight is 249 g/mol. The first kappa shape index (κ1) is 11.2. The van der Waals surface area contributed by atoms with Gasteiger partial charge in [0.2, 0.25) is 0 Å². The molecule has 0 amide bonds. The van der Waals surface area contributed by atoms with Crippen molar-refractivity contribution in [2.45, 2.75) is 0 Å². The second kappa shape index (κ2) is 4.42. The smallest absolute Gasteiger partial charge is 0.182 e. The zero-order valence-corrected chi connectivity index (χ0v) is 10.3. The first-order chi connectivity index (χ1) is 9.29. The van der Waals surface area contributed by atoms with Gasteiger partial charge in [0, 0.05) is 29.7 Å². The van der Waals surface area contributed by atoms with Crippen LogP contribution in [0.4, 0.5) is 5.82 Å². The molecule has 92 valence electrons. The first-order valence-electron chi connectivity index (χ1n) is 5.83.